The molecular weight excluding hydrogens is 290 g/mol. The third-order valence-corrected chi connectivity index (χ3v) is 2.54. The van der Waals surface area contributed by atoms with Gasteiger partial charge in [0.25, 0.3) is 5.91 Å². The van der Waals surface area contributed by atoms with Gasteiger partial charge < -0.3 is 15.6 Å². The zero-order chi connectivity index (χ0) is 15.9. The Kier molecular flexibility index (Phi) is 4.85. The number of benzene rings is 1. The third-order valence-electron chi connectivity index (χ3n) is 2.54. The minimum absolute atomic E-state index is 0.00131. The Bertz CT molecular complexity index is 683. The van der Waals surface area contributed by atoms with Gasteiger partial charge in [0.1, 0.15) is 6.54 Å². The molecule has 4 N–H and O–H groups in total. The number of nitrogens with one attached hydrogen (secondary N) is 1. The molecule has 0 bridgehead atoms. The maximum Gasteiger partial charge on any atom is 0.261 e. The van der Waals surface area contributed by atoms with Gasteiger partial charge in [-0.2, -0.15) is 5.10 Å². The van der Waals surface area contributed by atoms with Crippen molar-refractivity contribution in [2.75, 3.05) is 12.3 Å². The zero-order valence-corrected chi connectivity index (χ0v) is 11.8. The second kappa shape index (κ2) is 7.02. The number of hydrogen-bond donors (Lipinski definition) is 3. The smallest absolute Gasteiger partial charge is 0.261 e. The second-order valence-electron chi connectivity index (χ2n) is 4.15. The Morgan fingerprint density at radius 2 is 2.41 bits per heavy atom. The molecule has 0 aliphatic heterocycles. The summed E-state index contributed by atoms with van der Waals surface area (Å²) in [4.78, 5) is 11.6. The molecule has 10 nitrogen and oxygen atoms in total. The topological polar surface area (TPSA) is 141 Å². The number of aromatic nitrogens is 4. The molecule has 1 aromatic carbocycles. The number of tetrazole rings is 1. The first-order valence-electron chi connectivity index (χ1n) is 6.39. The van der Waals surface area contributed by atoms with Crippen molar-refractivity contribution in [3.8, 4) is 11.5 Å². The van der Waals surface area contributed by atoms with Crippen molar-refractivity contribution in [1.29, 1.82) is 0 Å². The fraction of sp³-hybridized carbons (Fsp3) is 0.250. The number of rotatable bonds is 6. The van der Waals surface area contributed by atoms with E-state index in [1.807, 2.05) is 6.92 Å². The van der Waals surface area contributed by atoms with Crippen LogP contribution in [0.15, 0.2) is 23.3 Å². The van der Waals surface area contributed by atoms with Gasteiger partial charge in [0.05, 0.1) is 12.8 Å². The number of hydrogen-bond acceptors (Lipinski definition) is 8. The normalized spacial score (nSPS) is 10.8. The summed E-state index contributed by atoms with van der Waals surface area (Å²) in [6, 6.07) is 4.78. The van der Waals surface area contributed by atoms with E-state index >= 15 is 0 Å². The van der Waals surface area contributed by atoms with E-state index in [1.54, 1.807) is 12.1 Å². The number of amides is 1. The molecule has 2 rings (SSSR count). The Morgan fingerprint density at radius 3 is 3.05 bits per heavy atom. The predicted octanol–water partition coefficient (Wildman–Crippen LogP) is -0.490. The number of anilines is 1. The molecule has 0 unspecified atom stereocenters. The molecule has 2 aromatic rings. The Labute approximate surface area is 125 Å². The Morgan fingerprint density at radius 1 is 1.59 bits per heavy atom. The highest BCUT2D eigenvalue weighted by Gasteiger charge is 2.06. The van der Waals surface area contributed by atoms with Crippen molar-refractivity contribution < 1.29 is 14.6 Å². The molecule has 0 atom stereocenters. The lowest BCUT2D eigenvalue weighted by atomic mass is 10.2. The van der Waals surface area contributed by atoms with E-state index in [1.165, 1.54) is 12.3 Å². The lowest BCUT2D eigenvalue weighted by molar-refractivity contribution is -0.121. The van der Waals surface area contributed by atoms with Gasteiger partial charge in [0.15, 0.2) is 11.5 Å². The molecule has 0 radical (unpaired) electrons. The number of nitrogens with zero attached hydrogens (tertiary/aromatic N) is 5. The summed E-state index contributed by atoms with van der Waals surface area (Å²) < 4.78 is 6.34. The highest BCUT2D eigenvalue weighted by Crippen LogP contribution is 2.25. The summed E-state index contributed by atoms with van der Waals surface area (Å²) in [6.07, 6.45) is 1.39. The van der Waals surface area contributed by atoms with Crippen molar-refractivity contribution in [1.82, 2.24) is 25.6 Å². The number of ether oxygens (including phenoxy) is 1. The molecule has 0 fully saturated rings. The third kappa shape index (κ3) is 3.91. The second-order valence-corrected chi connectivity index (χ2v) is 4.15. The summed E-state index contributed by atoms with van der Waals surface area (Å²) in [7, 11) is 0. The first-order valence-corrected chi connectivity index (χ1v) is 6.39. The molecule has 1 aromatic heterocycles. The number of nitrogen functional groups attached to an aromatic ring is 1. The highest BCUT2D eigenvalue weighted by molar-refractivity contribution is 5.83. The number of phenols is 1. The van der Waals surface area contributed by atoms with Crippen LogP contribution in [0, 0.1) is 0 Å². The fourth-order valence-corrected chi connectivity index (χ4v) is 1.57. The molecule has 0 spiro atoms. The predicted molar refractivity (Wildman–Crippen MR) is 77.2 cm³/mol. The average molecular weight is 305 g/mol. The largest absolute Gasteiger partial charge is 0.504 e. The summed E-state index contributed by atoms with van der Waals surface area (Å²) in [5.74, 6) is -0.0163. The molecule has 10 heteroatoms. The maximum atomic E-state index is 11.6. The SMILES string of the molecule is CCOc1ccc(C=NNC(=O)Cn2nnnc2N)cc1O. The van der Waals surface area contributed by atoms with Crippen LogP contribution in [0.25, 0.3) is 0 Å². The minimum Gasteiger partial charge on any atom is -0.504 e. The van der Waals surface area contributed by atoms with Gasteiger partial charge in [-0.05, 0) is 41.1 Å². The van der Waals surface area contributed by atoms with Gasteiger partial charge in [-0.1, -0.05) is 5.10 Å². The van der Waals surface area contributed by atoms with Crippen LogP contribution in [0.5, 0.6) is 11.5 Å². The van der Waals surface area contributed by atoms with Crippen LogP contribution < -0.4 is 15.9 Å². The molecule has 1 heterocycles. The first kappa shape index (κ1) is 15.2. The van der Waals surface area contributed by atoms with Crippen LogP contribution in [-0.2, 0) is 11.3 Å². The number of aromatic hydroxyl groups is 1. The van der Waals surface area contributed by atoms with Crippen LogP contribution in [0.4, 0.5) is 5.95 Å². The van der Waals surface area contributed by atoms with E-state index in [9.17, 15) is 9.90 Å². The lowest BCUT2D eigenvalue weighted by Gasteiger charge is -2.05. The first-order chi connectivity index (χ1) is 10.6. The van der Waals surface area contributed by atoms with Crippen LogP contribution in [-0.4, -0.2) is 44.0 Å². The number of phenolic OH excluding ortho intramolecular Hbond substituents is 1. The summed E-state index contributed by atoms with van der Waals surface area (Å²) in [5, 5.41) is 23.8. The van der Waals surface area contributed by atoms with Crippen LogP contribution in [0.3, 0.4) is 0 Å². The van der Waals surface area contributed by atoms with E-state index in [0.717, 1.165) is 4.68 Å². The zero-order valence-electron chi connectivity index (χ0n) is 11.8. The fourth-order valence-electron chi connectivity index (χ4n) is 1.57. The molecule has 0 aliphatic rings. The summed E-state index contributed by atoms with van der Waals surface area (Å²) in [5.41, 5.74) is 8.33. The van der Waals surface area contributed by atoms with Gasteiger partial charge in [-0.15, -0.1) is 0 Å². The van der Waals surface area contributed by atoms with Gasteiger partial charge in [-0.25, -0.2) is 10.1 Å². The molecule has 0 saturated heterocycles. The standard InChI is InChI=1S/C12H15N7O3/c1-2-22-10-4-3-8(5-9(10)20)6-14-15-11(21)7-19-12(13)16-17-18-19/h3-6,20H,2,7H2,1H3,(H,15,21)(H2,13,16,18). The molecule has 116 valence electrons. The monoisotopic (exact) mass is 305 g/mol. The van der Waals surface area contributed by atoms with E-state index < -0.39 is 5.91 Å². The number of hydrazone groups is 1. The molecule has 22 heavy (non-hydrogen) atoms. The van der Waals surface area contributed by atoms with Gasteiger partial charge in [0.2, 0.25) is 5.95 Å². The maximum absolute atomic E-state index is 11.6. The van der Waals surface area contributed by atoms with Crippen molar-refractivity contribution in [3.63, 3.8) is 0 Å². The number of nitrogens with two attached hydrogens (primary N) is 1. The summed E-state index contributed by atoms with van der Waals surface area (Å²) >= 11 is 0. The van der Waals surface area contributed by atoms with E-state index in [0.29, 0.717) is 17.9 Å². The number of carbonyl (C=O) groups excluding carboxylic acids is 1. The van der Waals surface area contributed by atoms with Gasteiger partial charge >= 0.3 is 0 Å². The van der Waals surface area contributed by atoms with Crippen LogP contribution in [0.2, 0.25) is 0 Å². The molecular formula is C12H15N7O3. The van der Waals surface area contributed by atoms with Crippen molar-refractivity contribution in [2.45, 2.75) is 13.5 Å². The highest BCUT2D eigenvalue weighted by atomic mass is 16.5. The minimum atomic E-state index is -0.439. The van der Waals surface area contributed by atoms with Crippen molar-refractivity contribution in [3.05, 3.63) is 23.8 Å². The lowest BCUT2D eigenvalue weighted by Crippen LogP contribution is -2.24. The molecule has 1 amide bonds. The number of carbonyl (C=O) groups is 1. The van der Waals surface area contributed by atoms with Crippen molar-refractivity contribution >= 4 is 18.1 Å². The van der Waals surface area contributed by atoms with Crippen LogP contribution in [0.1, 0.15) is 12.5 Å². The summed E-state index contributed by atoms with van der Waals surface area (Å²) in [6.45, 7) is 2.13. The molecule has 0 saturated carbocycles. The van der Waals surface area contributed by atoms with Gasteiger partial charge in [0, 0.05) is 0 Å². The van der Waals surface area contributed by atoms with Crippen molar-refractivity contribution in [2.24, 2.45) is 5.10 Å². The van der Waals surface area contributed by atoms with E-state index in [2.05, 4.69) is 26.1 Å². The average Bonchev–Trinajstić information content (AvgIpc) is 2.87. The van der Waals surface area contributed by atoms with Gasteiger partial charge in [-0.3, -0.25) is 4.79 Å². The van der Waals surface area contributed by atoms with Crippen LogP contribution >= 0.6 is 0 Å². The Hall–Kier alpha value is -3.17. The quantitative estimate of drug-likeness (QED) is 0.483. The van der Waals surface area contributed by atoms with E-state index in [-0.39, 0.29) is 18.2 Å². The molecule has 0 aliphatic carbocycles. The Balaban J connectivity index is 1.90. The van der Waals surface area contributed by atoms with E-state index in [4.69, 9.17) is 10.5 Å².